The second-order valence-corrected chi connectivity index (χ2v) is 8.57. The van der Waals surface area contributed by atoms with Crippen molar-refractivity contribution in [1.29, 1.82) is 0 Å². The van der Waals surface area contributed by atoms with Crippen LogP contribution in [0.25, 0.3) is 0 Å². The number of fused-ring (bicyclic) bond motifs is 5. The number of hydrogen-bond donors (Lipinski definition) is 5. The summed E-state index contributed by atoms with van der Waals surface area (Å²) >= 11 is 0. The zero-order chi connectivity index (χ0) is 20.8. The fourth-order valence-corrected chi connectivity index (χ4v) is 5.50. The fourth-order valence-electron chi connectivity index (χ4n) is 5.50. The molecule has 8 nitrogen and oxygen atoms in total. The summed E-state index contributed by atoms with van der Waals surface area (Å²) in [5.74, 6) is -0.326. The van der Waals surface area contributed by atoms with Gasteiger partial charge in [0.05, 0.1) is 18.2 Å². The number of benzene rings is 1. The molecular formula is C21H25FN6O2. The number of β-amino-alcohol motifs (C(OH)–C–C–N with tert-alkyl or cyclic N) is 1. The zero-order valence-corrected chi connectivity index (χ0v) is 16.4. The average molecular weight is 412 g/mol. The summed E-state index contributed by atoms with van der Waals surface area (Å²) in [4.78, 5) is 20.5. The van der Waals surface area contributed by atoms with E-state index in [1.165, 1.54) is 0 Å². The molecule has 9 heteroatoms. The van der Waals surface area contributed by atoms with Crippen molar-refractivity contribution in [2.24, 2.45) is 29.4 Å². The number of aliphatic hydroxyl groups is 1. The van der Waals surface area contributed by atoms with Crippen LogP contribution in [-0.4, -0.2) is 40.1 Å². The summed E-state index contributed by atoms with van der Waals surface area (Å²) in [5, 5.41) is 20.2. The number of halogens is 1. The number of hydrogen-bond acceptors (Lipinski definition) is 7. The van der Waals surface area contributed by atoms with Crippen LogP contribution in [0, 0.1) is 29.5 Å². The maximum Gasteiger partial charge on any atom is 0.229 e. The lowest BCUT2D eigenvalue weighted by atomic mass is 9.77. The van der Waals surface area contributed by atoms with Gasteiger partial charge in [0, 0.05) is 18.3 Å². The molecule has 3 aliphatic rings. The summed E-state index contributed by atoms with van der Waals surface area (Å²) < 4.78 is 14.5. The van der Waals surface area contributed by atoms with Crippen molar-refractivity contribution in [2.75, 3.05) is 23.7 Å². The van der Waals surface area contributed by atoms with Crippen molar-refractivity contribution in [1.82, 2.24) is 15.3 Å². The Kier molecular flexibility index (Phi) is 4.79. The second-order valence-electron chi connectivity index (χ2n) is 8.57. The Balaban J connectivity index is 1.53. The van der Waals surface area contributed by atoms with Crippen LogP contribution in [0.15, 0.2) is 30.5 Å². The lowest BCUT2D eigenvalue weighted by Crippen LogP contribution is -2.47. The van der Waals surface area contributed by atoms with Gasteiger partial charge in [0.15, 0.2) is 11.6 Å². The Morgan fingerprint density at radius 2 is 2.10 bits per heavy atom. The summed E-state index contributed by atoms with van der Waals surface area (Å²) in [6.07, 6.45) is 2.22. The van der Waals surface area contributed by atoms with E-state index in [1.54, 1.807) is 0 Å². The van der Waals surface area contributed by atoms with E-state index >= 15 is 0 Å². The molecule has 6 N–H and O–H groups in total. The van der Waals surface area contributed by atoms with Gasteiger partial charge in [-0.05, 0) is 54.8 Å². The van der Waals surface area contributed by atoms with E-state index in [-0.39, 0.29) is 41.5 Å². The highest BCUT2D eigenvalue weighted by Gasteiger charge is 2.54. The van der Waals surface area contributed by atoms with Gasteiger partial charge in [0.2, 0.25) is 11.9 Å². The molecule has 0 saturated heterocycles. The first-order valence-corrected chi connectivity index (χ1v) is 10.3. The maximum absolute atomic E-state index is 14.5. The molecule has 2 saturated carbocycles. The van der Waals surface area contributed by atoms with Crippen LogP contribution in [0.1, 0.15) is 24.5 Å². The Hall–Kier alpha value is -2.78. The largest absolute Gasteiger partial charge is 0.387 e. The van der Waals surface area contributed by atoms with Gasteiger partial charge < -0.3 is 26.8 Å². The van der Waals surface area contributed by atoms with Gasteiger partial charge in [0.25, 0.3) is 0 Å². The van der Waals surface area contributed by atoms with Crippen LogP contribution in [0.3, 0.4) is 0 Å². The third-order valence-electron chi connectivity index (χ3n) is 6.79. The lowest BCUT2D eigenvalue weighted by molar-refractivity contribution is -0.123. The Bertz CT molecular complexity index is 972. The highest BCUT2D eigenvalue weighted by Crippen LogP contribution is 2.52. The minimum atomic E-state index is -0.660. The first-order valence-electron chi connectivity index (χ1n) is 10.3. The molecule has 1 aromatic heterocycles. The topological polar surface area (TPSA) is 125 Å². The van der Waals surface area contributed by atoms with E-state index in [9.17, 15) is 14.3 Å². The summed E-state index contributed by atoms with van der Waals surface area (Å²) in [6.45, 7) is 1.14. The van der Waals surface area contributed by atoms with Crippen molar-refractivity contribution in [2.45, 2.75) is 25.0 Å². The molecule has 1 aromatic carbocycles. The first-order chi connectivity index (χ1) is 14.5. The van der Waals surface area contributed by atoms with Gasteiger partial charge >= 0.3 is 0 Å². The second kappa shape index (κ2) is 7.48. The summed E-state index contributed by atoms with van der Waals surface area (Å²) in [6, 6.07) is 7.07. The zero-order valence-electron chi connectivity index (χ0n) is 16.4. The molecule has 1 aliphatic heterocycles. The molecule has 6 unspecified atom stereocenters. The van der Waals surface area contributed by atoms with Gasteiger partial charge in [-0.15, -0.1) is 0 Å². The molecule has 2 aromatic rings. The normalized spacial score (nSPS) is 32.5. The third kappa shape index (κ3) is 3.37. The van der Waals surface area contributed by atoms with Crippen LogP contribution in [0.4, 0.5) is 21.8 Å². The Morgan fingerprint density at radius 1 is 1.23 bits per heavy atom. The van der Waals surface area contributed by atoms with Crippen molar-refractivity contribution < 1.29 is 14.3 Å². The Labute approximate surface area is 173 Å². The molecule has 2 heterocycles. The molecule has 158 valence electrons. The number of anilines is 3. The predicted molar refractivity (Wildman–Crippen MR) is 109 cm³/mol. The number of aromatic nitrogens is 2. The molecule has 0 spiro atoms. The molecule has 6 bridgehead atoms. The van der Waals surface area contributed by atoms with E-state index in [1.807, 2.05) is 24.3 Å². The predicted octanol–water partition coefficient (Wildman–Crippen LogP) is 1.53. The van der Waals surface area contributed by atoms with Gasteiger partial charge in [0.1, 0.15) is 0 Å². The van der Waals surface area contributed by atoms with Gasteiger partial charge in [-0.25, -0.2) is 9.37 Å². The van der Waals surface area contributed by atoms with Crippen LogP contribution >= 0.6 is 0 Å². The molecule has 5 rings (SSSR count). The molecule has 6 atom stereocenters. The number of rotatable bonds is 1. The van der Waals surface area contributed by atoms with Gasteiger partial charge in [-0.1, -0.05) is 12.1 Å². The van der Waals surface area contributed by atoms with Gasteiger partial charge in [-0.2, -0.15) is 4.98 Å². The Morgan fingerprint density at radius 3 is 2.93 bits per heavy atom. The van der Waals surface area contributed by atoms with Crippen molar-refractivity contribution in [3.63, 3.8) is 0 Å². The van der Waals surface area contributed by atoms with Crippen LogP contribution < -0.4 is 21.7 Å². The molecule has 2 aliphatic carbocycles. The standard InChI is InChI=1S/C21H25FN6O2/c22-15-8-25-21-26-13-3-1-2-10(5-13)16(29)9-24-7-12-4-11-6-14(12)18(17(11)19(23)30)27-20(15)28-21/h1-3,5,8,11-12,14,16-18,24,29H,4,6-7,9H2,(H2,23,30)(H2,25,26,27,28). The number of nitrogens with zero attached hydrogens (tertiary/aromatic N) is 2. The maximum atomic E-state index is 14.5. The monoisotopic (exact) mass is 412 g/mol. The highest BCUT2D eigenvalue weighted by molar-refractivity contribution is 5.79. The van der Waals surface area contributed by atoms with E-state index in [4.69, 9.17) is 5.73 Å². The molecular weight excluding hydrogens is 387 g/mol. The fraction of sp³-hybridized carbons (Fsp3) is 0.476. The number of aliphatic hydroxyl groups excluding tert-OH is 1. The quantitative estimate of drug-likeness (QED) is 0.481. The number of carbonyl (C=O) groups excluding carboxylic acids is 1. The van der Waals surface area contributed by atoms with Crippen molar-refractivity contribution in [3.05, 3.63) is 41.8 Å². The van der Waals surface area contributed by atoms with E-state index in [2.05, 4.69) is 25.9 Å². The van der Waals surface area contributed by atoms with Crippen LogP contribution in [0.2, 0.25) is 0 Å². The first kappa shape index (κ1) is 19.2. The van der Waals surface area contributed by atoms with Crippen molar-refractivity contribution in [3.8, 4) is 0 Å². The molecule has 0 radical (unpaired) electrons. The van der Waals surface area contributed by atoms with E-state index in [0.717, 1.165) is 31.1 Å². The van der Waals surface area contributed by atoms with Crippen molar-refractivity contribution >= 4 is 23.4 Å². The minimum absolute atomic E-state index is 0.0640. The van der Waals surface area contributed by atoms with E-state index < -0.39 is 11.9 Å². The molecule has 1 amide bonds. The number of amides is 1. The number of nitrogens with one attached hydrogen (secondary N) is 3. The number of primary amides is 1. The van der Waals surface area contributed by atoms with Crippen LogP contribution in [0.5, 0.6) is 0 Å². The minimum Gasteiger partial charge on any atom is -0.387 e. The SMILES string of the molecule is NC(=O)C1C2CC3CNCC(O)c4cccc(c4)Nc4ncc(F)c(n4)NC1C3C2. The summed E-state index contributed by atoms with van der Waals surface area (Å²) in [5.41, 5.74) is 7.16. The highest BCUT2D eigenvalue weighted by atomic mass is 19.1. The molecule has 2 fully saturated rings. The molecule has 30 heavy (non-hydrogen) atoms. The number of nitrogens with two attached hydrogens (primary N) is 1. The van der Waals surface area contributed by atoms with Crippen LogP contribution in [-0.2, 0) is 4.79 Å². The van der Waals surface area contributed by atoms with Gasteiger partial charge in [-0.3, -0.25) is 4.79 Å². The summed E-state index contributed by atoms with van der Waals surface area (Å²) in [7, 11) is 0. The van der Waals surface area contributed by atoms with E-state index in [0.29, 0.717) is 18.2 Å². The number of carbonyl (C=O) groups is 1. The smallest absolute Gasteiger partial charge is 0.229 e. The lowest BCUT2D eigenvalue weighted by Gasteiger charge is -2.35. The third-order valence-corrected chi connectivity index (χ3v) is 6.79. The average Bonchev–Trinajstić information content (AvgIpc) is 3.28.